The normalized spacial score (nSPS) is 15.6. The van der Waals surface area contributed by atoms with E-state index < -0.39 is 12.0 Å². The maximum atomic E-state index is 10.5. The van der Waals surface area contributed by atoms with Crippen LogP contribution in [0, 0.1) is 0 Å². The number of carboxylic acids is 1. The lowest BCUT2D eigenvalue weighted by Gasteiger charge is -2.18. The van der Waals surface area contributed by atoms with E-state index in [4.69, 9.17) is 5.11 Å². The predicted octanol–water partition coefficient (Wildman–Crippen LogP) is 1.19. The Morgan fingerprint density at radius 1 is 1.67 bits per heavy atom. The van der Waals surface area contributed by atoms with E-state index in [0.717, 1.165) is 12.2 Å². The largest absolute Gasteiger partial charge is 0.480 e. The van der Waals surface area contributed by atoms with Gasteiger partial charge >= 0.3 is 5.97 Å². The van der Waals surface area contributed by atoms with Crippen LogP contribution in [0.25, 0.3) is 0 Å². The number of nitrogens with one attached hydrogen (secondary N) is 1. The highest BCUT2D eigenvalue weighted by Gasteiger charge is 2.14. The Morgan fingerprint density at radius 3 is 2.58 bits per heavy atom. The van der Waals surface area contributed by atoms with Crippen LogP contribution in [0.3, 0.4) is 0 Å². The quantitative estimate of drug-likeness (QED) is 0.662. The third kappa shape index (κ3) is 4.62. The predicted molar refractivity (Wildman–Crippen MR) is 52.7 cm³/mol. The van der Waals surface area contributed by atoms with Crippen molar-refractivity contribution in [3.05, 3.63) is 0 Å². The molecule has 0 rings (SSSR count). The summed E-state index contributed by atoms with van der Waals surface area (Å²) >= 11 is 1.73. The highest BCUT2D eigenvalue weighted by molar-refractivity contribution is 7.98. The van der Waals surface area contributed by atoms with Gasteiger partial charge in [0.05, 0.1) is 0 Å². The van der Waals surface area contributed by atoms with Crippen molar-refractivity contribution in [2.75, 3.05) is 12.0 Å². The molecule has 0 amide bonds. The molecule has 3 nitrogen and oxygen atoms in total. The average molecular weight is 191 g/mol. The lowest BCUT2D eigenvalue weighted by Crippen LogP contribution is -2.42. The van der Waals surface area contributed by atoms with Crippen molar-refractivity contribution in [3.8, 4) is 0 Å². The molecule has 0 aromatic carbocycles. The van der Waals surface area contributed by atoms with Gasteiger partial charge < -0.3 is 10.4 Å². The fraction of sp³-hybridized carbons (Fsp3) is 0.875. The van der Waals surface area contributed by atoms with Crippen LogP contribution in [-0.4, -0.2) is 35.2 Å². The van der Waals surface area contributed by atoms with Crippen LogP contribution >= 0.6 is 11.8 Å². The number of carbonyl (C=O) groups is 1. The molecule has 0 aliphatic carbocycles. The molecular weight excluding hydrogens is 174 g/mol. The first-order valence-electron chi connectivity index (χ1n) is 4.09. The van der Waals surface area contributed by atoms with Gasteiger partial charge in [0.2, 0.25) is 0 Å². The number of hydrogen-bond acceptors (Lipinski definition) is 3. The third-order valence-corrected chi connectivity index (χ3v) is 2.45. The highest BCUT2D eigenvalue weighted by atomic mass is 32.2. The molecular formula is C8H17NO2S. The standard InChI is InChI=1S/C8H17NO2S/c1-4-7(5-12-3)9-6(2)8(10)11/h6-7,9H,4-5H2,1-3H3,(H,10,11). The molecule has 0 radical (unpaired) electrons. The van der Waals surface area contributed by atoms with Crippen molar-refractivity contribution in [1.82, 2.24) is 5.32 Å². The van der Waals surface area contributed by atoms with Gasteiger partial charge in [-0.05, 0) is 19.6 Å². The van der Waals surface area contributed by atoms with E-state index in [-0.39, 0.29) is 0 Å². The minimum absolute atomic E-state index is 0.311. The SMILES string of the molecule is CCC(CSC)NC(C)C(=O)O. The fourth-order valence-electron chi connectivity index (χ4n) is 0.910. The lowest BCUT2D eigenvalue weighted by molar-refractivity contribution is -0.139. The first-order chi connectivity index (χ1) is 5.61. The van der Waals surface area contributed by atoms with Crippen LogP contribution in [0.15, 0.2) is 0 Å². The second-order valence-electron chi connectivity index (χ2n) is 2.79. The minimum Gasteiger partial charge on any atom is -0.480 e. The van der Waals surface area contributed by atoms with E-state index in [1.54, 1.807) is 18.7 Å². The summed E-state index contributed by atoms with van der Waals surface area (Å²) in [5.74, 6) is 0.184. The van der Waals surface area contributed by atoms with Crippen molar-refractivity contribution in [2.45, 2.75) is 32.4 Å². The Hall–Kier alpha value is -0.220. The summed E-state index contributed by atoms with van der Waals surface area (Å²) in [6, 6.07) is -0.131. The Bertz CT molecular complexity index is 141. The molecule has 0 bridgehead atoms. The molecule has 0 fully saturated rings. The average Bonchev–Trinajstić information content (AvgIpc) is 2.03. The van der Waals surface area contributed by atoms with Gasteiger partial charge in [0.25, 0.3) is 0 Å². The molecule has 0 aromatic rings. The zero-order valence-electron chi connectivity index (χ0n) is 7.83. The van der Waals surface area contributed by atoms with Gasteiger partial charge in [-0.3, -0.25) is 4.79 Å². The van der Waals surface area contributed by atoms with Gasteiger partial charge in [-0.2, -0.15) is 11.8 Å². The second-order valence-corrected chi connectivity index (χ2v) is 3.70. The molecule has 0 spiro atoms. The topological polar surface area (TPSA) is 49.3 Å². The Kier molecular flexibility index (Phi) is 6.20. The highest BCUT2D eigenvalue weighted by Crippen LogP contribution is 2.02. The van der Waals surface area contributed by atoms with Crippen LogP contribution < -0.4 is 5.32 Å². The molecule has 0 heterocycles. The molecule has 72 valence electrons. The van der Waals surface area contributed by atoms with Gasteiger partial charge in [0, 0.05) is 11.8 Å². The summed E-state index contributed by atoms with van der Waals surface area (Å²) in [6.07, 6.45) is 2.99. The van der Waals surface area contributed by atoms with E-state index in [0.29, 0.717) is 6.04 Å². The van der Waals surface area contributed by atoms with Crippen molar-refractivity contribution >= 4 is 17.7 Å². The summed E-state index contributed by atoms with van der Waals surface area (Å²) < 4.78 is 0. The summed E-state index contributed by atoms with van der Waals surface area (Å²) in [6.45, 7) is 3.73. The van der Waals surface area contributed by atoms with Crippen molar-refractivity contribution in [2.24, 2.45) is 0 Å². The maximum Gasteiger partial charge on any atom is 0.320 e. The third-order valence-electron chi connectivity index (χ3n) is 1.72. The number of thioether (sulfide) groups is 1. The molecule has 2 unspecified atom stereocenters. The first-order valence-corrected chi connectivity index (χ1v) is 5.49. The molecule has 12 heavy (non-hydrogen) atoms. The van der Waals surface area contributed by atoms with Crippen molar-refractivity contribution in [3.63, 3.8) is 0 Å². The first kappa shape index (κ1) is 11.8. The van der Waals surface area contributed by atoms with Crippen LogP contribution in [-0.2, 0) is 4.79 Å². The summed E-state index contributed by atoms with van der Waals surface area (Å²) in [7, 11) is 0. The van der Waals surface area contributed by atoms with E-state index in [1.165, 1.54) is 0 Å². The van der Waals surface area contributed by atoms with Crippen LogP contribution in [0.2, 0.25) is 0 Å². The molecule has 0 aliphatic heterocycles. The lowest BCUT2D eigenvalue weighted by atomic mass is 10.2. The van der Waals surface area contributed by atoms with Crippen molar-refractivity contribution < 1.29 is 9.90 Å². The molecule has 0 saturated heterocycles. The second kappa shape index (κ2) is 6.31. The molecule has 4 heteroatoms. The van der Waals surface area contributed by atoms with E-state index in [9.17, 15) is 4.79 Å². The monoisotopic (exact) mass is 191 g/mol. The zero-order chi connectivity index (χ0) is 9.56. The van der Waals surface area contributed by atoms with E-state index in [2.05, 4.69) is 12.2 Å². The van der Waals surface area contributed by atoms with Crippen molar-refractivity contribution in [1.29, 1.82) is 0 Å². The Labute approximate surface area is 77.9 Å². The smallest absolute Gasteiger partial charge is 0.320 e. The molecule has 2 N–H and O–H groups in total. The number of rotatable bonds is 6. The summed E-state index contributed by atoms with van der Waals surface area (Å²) in [5.41, 5.74) is 0. The summed E-state index contributed by atoms with van der Waals surface area (Å²) in [5, 5.41) is 11.7. The Balaban J connectivity index is 3.76. The maximum absolute atomic E-state index is 10.5. The Morgan fingerprint density at radius 2 is 2.25 bits per heavy atom. The van der Waals surface area contributed by atoms with E-state index >= 15 is 0 Å². The molecule has 2 atom stereocenters. The molecule has 0 aliphatic rings. The van der Waals surface area contributed by atoms with E-state index in [1.807, 2.05) is 6.26 Å². The number of hydrogen-bond donors (Lipinski definition) is 2. The molecule has 0 aromatic heterocycles. The van der Waals surface area contributed by atoms with Gasteiger partial charge in [0.15, 0.2) is 0 Å². The fourth-order valence-corrected chi connectivity index (χ4v) is 1.64. The van der Waals surface area contributed by atoms with Crippen LogP contribution in [0.1, 0.15) is 20.3 Å². The van der Waals surface area contributed by atoms with Crippen LogP contribution in [0.4, 0.5) is 0 Å². The van der Waals surface area contributed by atoms with Gasteiger partial charge in [0.1, 0.15) is 6.04 Å². The van der Waals surface area contributed by atoms with Gasteiger partial charge in [-0.1, -0.05) is 6.92 Å². The van der Waals surface area contributed by atoms with Gasteiger partial charge in [-0.25, -0.2) is 0 Å². The number of carboxylic acid groups (broad SMARTS) is 1. The van der Waals surface area contributed by atoms with Crippen LogP contribution in [0.5, 0.6) is 0 Å². The minimum atomic E-state index is -0.783. The van der Waals surface area contributed by atoms with Gasteiger partial charge in [-0.15, -0.1) is 0 Å². The summed E-state index contributed by atoms with van der Waals surface area (Å²) in [4.78, 5) is 10.5. The number of aliphatic carboxylic acids is 1. The zero-order valence-corrected chi connectivity index (χ0v) is 8.65. The molecule has 0 saturated carbocycles.